The molecule has 3 nitrogen and oxygen atoms in total. The van der Waals surface area contributed by atoms with Crippen molar-refractivity contribution >= 4 is 0 Å². The summed E-state index contributed by atoms with van der Waals surface area (Å²) < 4.78 is 10.7. The molecular weight excluding hydrogens is 226 g/mol. The van der Waals surface area contributed by atoms with Crippen molar-refractivity contribution in [3.05, 3.63) is 29.8 Å². The molecule has 3 heteroatoms. The number of nitrogens with one attached hydrogen (secondary N) is 1. The largest absolute Gasteiger partial charge is 0.497 e. The Morgan fingerprint density at radius 1 is 1.11 bits per heavy atom. The summed E-state index contributed by atoms with van der Waals surface area (Å²) in [5, 5.41) is 3.49. The zero-order valence-corrected chi connectivity index (χ0v) is 11.9. The fourth-order valence-corrected chi connectivity index (χ4v) is 1.72. The van der Waals surface area contributed by atoms with Crippen LogP contribution < -0.4 is 10.1 Å². The molecule has 1 N–H and O–H groups in total. The molecule has 0 aliphatic carbocycles. The Hall–Kier alpha value is -1.06. The third-order valence-corrected chi connectivity index (χ3v) is 2.84. The monoisotopic (exact) mass is 251 g/mol. The summed E-state index contributed by atoms with van der Waals surface area (Å²) >= 11 is 0. The van der Waals surface area contributed by atoms with Crippen molar-refractivity contribution < 1.29 is 9.47 Å². The summed E-state index contributed by atoms with van der Waals surface area (Å²) in [5.41, 5.74) is 1.28. The molecule has 1 aromatic carbocycles. The average Bonchev–Trinajstić information content (AvgIpc) is 2.38. The fourth-order valence-electron chi connectivity index (χ4n) is 1.72. The number of methoxy groups -OCH3 is 1. The van der Waals surface area contributed by atoms with Crippen molar-refractivity contribution in [2.45, 2.75) is 39.3 Å². The van der Waals surface area contributed by atoms with Gasteiger partial charge in [0.15, 0.2) is 0 Å². The Morgan fingerprint density at radius 2 is 1.78 bits per heavy atom. The van der Waals surface area contributed by atoms with Gasteiger partial charge < -0.3 is 14.8 Å². The Kier molecular flexibility index (Phi) is 6.76. The van der Waals surface area contributed by atoms with E-state index in [1.807, 2.05) is 12.1 Å². The number of ether oxygens (including phenoxy) is 2. The lowest BCUT2D eigenvalue weighted by atomic mass is 10.1. The minimum absolute atomic E-state index is 0.323. The van der Waals surface area contributed by atoms with Crippen LogP contribution in [0, 0.1) is 0 Å². The average molecular weight is 251 g/mol. The molecular formula is C15H25NO2. The third-order valence-electron chi connectivity index (χ3n) is 2.84. The van der Waals surface area contributed by atoms with E-state index in [-0.39, 0.29) is 0 Å². The predicted molar refractivity (Wildman–Crippen MR) is 75.1 cm³/mol. The van der Waals surface area contributed by atoms with Crippen LogP contribution in [-0.4, -0.2) is 26.4 Å². The Balaban J connectivity index is 2.25. The smallest absolute Gasteiger partial charge is 0.118 e. The zero-order chi connectivity index (χ0) is 13.4. The lowest BCUT2D eigenvalue weighted by Gasteiger charge is -2.15. The molecule has 0 saturated carbocycles. The molecule has 1 aromatic rings. The van der Waals surface area contributed by atoms with Crippen LogP contribution >= 0.6 is 0 Å². The summed E-state index contributed by atoms with van der Waals surface area (Å²) in [6.45, 7) is 8.09. The summed E-state index contributed by atoms with van der Waals surface area (Å²) in [4.78, 5) is 0. The van der Waals surface area contributed by atoms with Crippen LogP contribution in [0.1, 0.15) is 38.8 Å². The topological polar surface area (TPSA) is 30.5 Å². The van der Waals surface area contributed by atoms with Gasteiger partial charge in [0.25, 0.3) is 0 Å². The Morgan fingerprint density at radius 3 is 2.33 bits per heavy atom. The van der Waals surface area contributed by atoms with Crippen LogP contribution in [-0.2, 0) is 4.74 Å². The normalized spacial score (nSPS) is 12.7. The molecule has 1 rings (SSSR count). The predicted octanol–water partition coefficient (Wildman–Crippen LogP) is 3.16. The summed E-state index contributed by atoms with van der Waals surface area (Å²) in [6.07, 6.45) is 1.36. The fraction of sp³-hybridized carbons (Fsp3) is 0.600. The summed E-state index contributed by atoms with van der Waals surface area (Å²) in [7, 11) is 1.69. The molecule has 0 heterocycles. The molecule has 0 aromatic heterocycles. The van der Waals surface area contributed by atoms with Gasteiger partial charge in [0.1, 0.15) is 5.75 Å². The summed E-state index contributed by atoms with van der Waals surface area (Å²) in [6, 6.07) is 8.54. The Bertz CT molecular complexity index is 322. The van der Waals surface area contributed by atoms with E-state index in [2.05, 4.69) is 38.2 Å². The highest BCUT2D eigenvalue weighted by Gasteiger charge is 2.04. The maximum Gasteiger partial charge on any atom is 0.118 e. The molecule has 0 saturated heterocycles. The van der Waals surface area contributed by atoms with E-state index in [0.717, 1.165) is 25.3 Å². The van der Waals surface area contributed by atoms with Crippen molar-refractivity contribution in [2.24, 2.45) is 0 Å². The van der Waals surface area contributed by atoms with Crippen LogP contribution in [0.2, 0.25) is 0 Å². The van der Waals surface area contributed by atoms with Gasteiger partial charge in [0.2, 0.25) is 0 Å². The highest BCUT2D eigenvalue weighted by atomic mass is 16.5. The van der Waals surface area contributed by atoms with Gasteiger partial charge in [0, 0.05) is 12.6 Å². The molecule has 0 bridgehead atoms. The van der Waals surface area contributed by atoms with Crippen molar-refractivity contribution in [3.8, 4) is 5.75 Å². The van der Waals surface area contributed by atoms with E-state index in [1.165, 1.54) is 5.56 Å². The number of hydrogen-bond donors (Lipinski definition) is 1. The maximum atomic E-state index is 5.50. The maximum absolute atomic E-state index is 5.50. The molecule has 0 aliphatic heterocycles. The second-order valence-corrected chi connectivity index (χ2v) is 4.72. The first-order chi connectivity index (χ1) is 8.63. The quantitative estimate of drug-likeness (QED) is 0.720. The van der Waals surface area contributed by atoms with E-state index in [4.69, 9.17) is 9.47 Å². The standard InChI is InChI=1S/C15H25NO2/c1-12(2)18-11-5-10-16-13(3)14-6-8-15(17-4)9-7-14/h6-9,12-13,16H,5,10-11H2,1-4H3. The molecule has 18 heavy (non-hydrogen) atoms. The van der Waals surface area contributed by atoms with Gasteiger partial charge in [0.05, 0.1) is 13.2 Å². The van der Waals surface area contributed by atoms with Gasteiger partial charge >= 0.3 is 0 Å². The van der Waals surface area contributed by atoms with E-state index >= 15 is 0 Å². The highest BCUT2D eigenvalue weighted by Crippen LogP contribution is 2.16. The Labute approximate surface area is 110 Å². The molecule has 0 amide bonds. The SMILES string of the molecule is COc1ccc(C(C)NCCCOC(C)C)cc1. The lowest BCUT2D eigenvalue weighted by Crippen LogP contribution is -2.21. The molecule has 1 unspecified atom stereocenters. The molecule has 0 spiro atoms. The van der Waals surface area contributed by atoms with E-state index in [1.54, 1.807) is 7.11 Å². The van der Waals surface area contributed by atoms with Crippen LogP contribution in [0.3, 0.4) is 0 Å². The van der Waals surface area contributed by atoms with Crippen LogP contribution in [0.15, 0.2) is 24.3 Å². The number of rotatable bonds is 8. The highest BCUT2D eigenvalue weighted by molar-refractivity contribution is 5.28. The van der Waals surface area contributed by atoms with E-state index in [9.17, 15) is 0 Å². The first-order valence-corrected chi connectivity index (χ1v) is 6.62. The molecule has 0 radical (unpaired) electrons. The third kappa shape index (κ3) is 5.52. The zero-order valence-electron chi connectivity index (χ0n) is 11.9. The second-order valence-electron chi connectivity index (χ2n) is 4.72. The first kappa shape index (κ1) is 15.0. The van der Waals surface area contributed by atoms with Gasteiger partial charge in [-0.25, -0.2) is 0 Å². The minimum Gasteiger partial charge on any atom is -0.497 e. The lowest BCUT2D eigenvalue weighted by molar-refractivity contribution is 0.0768. The first-order valence-electron chi connectivity index (χ1n) is 6.62. The number of hydrogen-bond acceptors (Lipinski definition) is 3. The minimum atomic E-state index is 0.323. The van der Waals surface area contributed by atoms with Gasteiger partial charge in [-0.1, -0.05) is 12.1 Å². The van der Waals surface area contributed by atoms with E-state index in [0.29, 0.717) is 12.1 Å². The van der Waals surface area contributed by atoms with Gasteiger partial charge in [-0.05, 0) is 51.4 Å². The van der Waals surface area contributed by atoms with Gasteiger partial charge in [-0.15, -0.1) is 0 Å². The van der Waals surface area contributed by atoms with E-state index < -0.39 is 0 Å². The second kappa shape index (κ2) is 8.11. The van der Waals surface area contributed by atoms with Crippen molar-refractivity contribution in [2.75, 3.05) is 20.3 Å². The van der Waals surface area contributed by atoms with Crippen LogP contribution in [0.5, 0.6) is 5.75 Å². The molecule has 1 atom stereocenters. The van der Waals surface area contributed by atoms with Crippen LogP contribution in [0.4, 0.5) is 0 Å². The van der Waals surface area contributed by atoms with Crippen molar-refractivity contribution in [3.63, 3.8) is 0 Å². The molecule has 0 fully saturated rings. The van der Waals surface area contributed by atoms with Crippen molar-refractivity contribution in [1.82, 2.24) is 5.32 Å². The van der Waals surface area contributed by atoms with Gasteiger partial charge in [-0.2, -0.15) is 0 Å². The molecule has 102 valence electrons. The van der Waals surface area contributed by atoms with Gasteiger partial charge in [-0.3, -0.25) is 0 Å². The molecule has 0 aliphatic rings. The number of benzene rings is 1. The summed E-state index contributed by atoms with van der Waals surface area (Å²) in [5.74, 6) is 0.899. The van der Waals surface area contributed by atoms with Crippen LogP contribution in [0.25, 0.3) is 0 Å². The van der Waals surface area contributed by atoms with Crippen molar-refractivity contribution in [1.29, 1.82) is 0 Å².